The van der Waals surface area contributed by atoms with Gasteiger partial charge in [0.2, 0.25) is 5.91 Å². The number of nitrogens with one attached hydrogen (secondary N) is 1. The van der Waals surface area contributed by atoms with E-state index in [-0.39, 0.29) is 12.5 Å². The first kappa shape index (κ1) is 12.3. The highest BCUT2D eigenvalue weighted by molar-refractivity contribution is 5.88. The zero-order valence-corrected chi connectivity index (χ0v) is 9.09. The average molecular weight is 221 g/mol. The van der Waals surface area contributed by atoms with Gasteiger partial charge in [0.15, 0.2) is 0 Å². The van der Waals surface area contributed by atoms with E-state index in [1.54, 1.807) is 24.3 Å². The number of rotatable bonds is 5. The lowest BCUT2D eigenvalue weighted by molar-refractivity contribution is -0.117. The van der Waals surface area contributed by atoms with Crippen LogP contribution in [0.25, 0.3) is 0 Å². The molecule has 4 heteroatoms. The summed E-state index contributed by atoms with van der Waals surface area (Å²) >= 11 is 0. The van der Waals surface area contributed by atoms with Crippen molar-refractivity contribution in [1.29, 1.82) is 0 Å². The van der Waals surface area contributed by atoms with Crippen LogP contribution in [0.1, 0.15) is 18.7 Å². The van der Waals surface area contributed by atoms with Crippen LogP contribution in [0.5, 0.6) is 0 Å². The van der Waals surface area contributed by atoms with E-state index in [2.05, 4.69) is 5.32 Å². The Balaban J connectivity index is 2.54. The van der Waals surface area contributed by atoms with Gasteiger partial charge in [-0.1, -0.05) is 18.2 Å². The third-order valence-electron chi connectivity index (χ3n) is 1.94. The molecule has 16 heavy (non-hydrogen) atoms. The number of hydrogen-bond donors (Lipinski definition) is 2. The van der Waals surface area contributed by atoms with Gasteiger partial charge < -0.3 is 14.8 Å². The second-order valence-corrected chi connectivity index (χ2v) is 3.14. The molecule has 0 saturated carbocycles. The Labute approximate surface area is 94.3 Å². The van der Waals surface area contributed by atoms with Crippen LogP contribution in [0, 0.1) is 0 Å². The Hall–Kier alpha value is -1.81. The van der Waals surface area contributed by atoms with E-state index in [1.807, 2.05) is 13.0 Å². The van der Waals surface area contributed by atoms with Crippen molar-refractivity contribution in [2.75, 3.05) is 6.61 Å². The number of furan rings is 1. The summed E-state index contributed by atoms with van der Waals surface area (Å²) in [7, 11) is 0. The molecule has 1 rings (SSSR count). The predicted octanol–water partition coefficient (Wildman–Crippen LogP) is 1.56. The molecular weight excluding hydrogens is 206 g/mol. The fourth-order valence-electron chi connectivity index (χ4n) is 1.17. The van der Waals surface area contributed by atoms with Gasteiger partial charge in [-0.15, -0.1) is 0 Å². The van der Waals surface area contributed by atoms with Crippen LogP contribution in [-0.4, -0.2) is 17.6 Å². The van der Waals surface area contributed by atoms with E-state index >= 15 is 0 Å². The molecule has 0 aromatic carbocycles. The van der Waals surface area contributed by atoms with Gasteiger partial charge in [-0.2, -0.15) is 0 Å². The average Bonchev–Trinajstić information content (AvgIpc) is 2.79. The highest BCUT2D eigenvalue weighted by Crippen LogP contribution is 2.12. The number of hydrogen-bond acceptors (Lipinski definition) is 3. The van der Waals surface area contributed by atoms with Crippen molar-refractivity contribution in [2.45, 2.75) is 13.0 Å². The van der Waals surface area contributed by atoms with Gasteiger partial charge in [0, 0.05) is 6.08 Å². The second kappa shape index (κ2) is 6.63. The summed E-state index contributed by atoms with van der Waals surface area (Å²) in [6.07, 6.45) is 8.09. The van der Waals surface area contributed by atoms with E-state index in [0.717, 1.165) is 0 Å². The number of amides is 1. The standard InChI is InChI=1S/C12H15NO3/c1-2-3-4-7-12(15)13-10(9-14)11-6-5-8-16-11/h2-8,10,14H,9H2,1H3,(H,13,15). The molecule has 86 valence electrons. The molecule has 0 aliphatic heterocycles. The molecule has 0 fully saturated rings. The first-order valence-electron chi connectivity index (χ1n) is 5.02. The lowest BCUT2D eigenvalue weighted by Crippen LogP contribution is -2.28. The molecule has 0 radical (unpaired) electrons. The highest BCUT2D eigenvalue weighted by atomic mass is 16.3. The number of aliphatic hydroxyl groups excluding tert-OH is 1. The highest BCUT2D eigenvalue weighted by Gasteiger charge is 2.14. The maximum absolute atomic E-state index is 11.4. The minimum atomic E-state index is -0.502. The molecule has 1 aromatic rings. The SMILES string of the molecule is CC=CC=CC(=O)NC(CO)c1ccco1. The smallest absolute Gasteiger partial charge is 0.244 e. The lowest BCUT2D eigenvalue weighted by Gasteiger charge is -2.11. The first-order valence-corrected chi connectivity index (χ1v) is 5.02. The van der Waals surface area contributed by atoms with Crippen LogP contribution in [0.15, 0.2) is 47.1 Å². The fourth-order valence-corrected chi connectivity index (χ4v) is 1.17. The largest absolute Gasteiger partial charge is 0.467 e. The van der Waals surface area contributed by atoms with Gasteiger partial charge >= 0.3 is 0 Å². The molecule has 4 nitrogen and oxygen atoms in total. The molecule has 1 unspecified atom stereocenters. The van der Waals surface area contributed by atoms with E-state index < -0.39 is 6.04 Å². The summed E-state index contributed by atoms with van der Waals surface area (Å²) in [6, 6.07) is 2.91. The van der Waals surface area contributed by atoms with Crippen molar-refractivity contribution in [3.05, 3.63) is 48.5 Å². The Bertz CT molecular complexity index is 366. The predicted molar refractivity (Wildman–Crippen MR) is 60.6 cm³/mol. The van der Waals surface area contributed by atoms with Gasteiger partial charge in [0.05, 0.1) is 12.9 Å². The van der Waals surface area contributed by atoms with Crippen LogP contribution in [0.4, 0.5) is 0 Å². The van der Waals surface area contributed by atoms with Crippen LogP contribution < -0.4 is 5.32 Å². The molecule has 1 aromatic heterocycles. The molecule has 0 saturated heterocycles. The summed E-state index contributed by atoms with van der Waals surface area (Å²) < 4.78 is 5.10. The second-order valence-electron chi connectivity index (χ2n) is 3.14. The topological polar surface area (TPSA) is 62.5 Å². The van der Waals surface area contributed by atoms with E-state index in [1.165, 1.54) is 12.3 Å². The summed E-state index contributed by atoms with van der Waals surface area (Å²) in [6.45, 7) is 1.67. The summed E-state index contributed by atoms with van der Waals surface area (Å²) in [5, 5.41) is 11.7. The van der Waals surface area contributed by atoms with Crippen LogP contribution >= 0.6 is 0 Å². The van der Waals surface area contributed by atoms with Crippen molar-refractivity contribution in [3.63, 3.8) is 0 Å². The van der Waals surface area contributed by atoms with Gasteiger partial charge in [0.1, 0.15) is 11.8 Å². The number of aliphatic hydroxyl groups is 1. The first-order chi connectivity index (χ1) is 7.77. The van der Waals surface area contributed by atoms with Crippen LogP contribution in [0.3, 0.4) is 0 Å². The third-order valence-corrected chi connectivity index (χ3v) is 1.94. The molecule has 1 atom stereocenters. The number of carbonyl (C=O) groups is 1. The Kier molecular flexibility index (Phi) is 5.08. The molecule has 0 aliphatic rings. The lowest BCUT2D eigenvalue weighted by atomic mass is 10.2. The van der Waals surface area contributed by atoms with Crippen molar-refractivity contribution < 1.29 is 14.3 Å². The molecular formula is C12H15NO3. The maximum Gasteiger partial charge on any atom is 0.244 e. The van der Waals surface area contributed by atoms with E-state index in [4.69, 9.17) is 9.52 Å². The van der Waals surface area contributed by atoms with Crippen LogP contribution in [0.2, 0.25) is 0 Å². The number of carbonyl (C=O) groups excluding carboxylic acids is 1. The quantitative estimate of drug-likeness (QED) is 0.586. The minimum absolute atomic E-state index is 0.198. The van der Waals surface area contributed by atoms with Gasteiger partial charge in [-0.3, -0.25) is 4.79 Å². The van der Waals surface area contributed by atoms with Crippen molar-refractivity contribution >= 4 is 5.91 Å². The maximum atomic E-state index is 11.4. The summed E-state index contributed by atoms with van der Waals surface area (Å²) in [5.41, 5.74) is 0. The molecule has 2 N–H and O–H groups in total. The molecule has 0 bridgehead atoms. The van der Waals surface area contributed by atoms with E-state index in [9.17, 15) is 4.79 Å². The van der Waals surface area contributed by atoms with Crippen LogP contribution in [-0.2, 0) is 4.79 Å². The fraction of sp³-hybridized carbons (Fsp3) is 0.250. The van der Waals surface area contributed by atoms with Gasteiger partial charge in [-0.05, 0) is 19.1 Å². The Morgan fingerprint density at radius 2 is 2.44 bits per heavy atom. The zero-order valence-electron chi connectivity index (χ0n) is 9.09. The molecule has 0 aliphatic carbocycles. The summed E-state index contributed by atoms with van der Waals surface area (Å²) in [4.78, 5) is 11.4. The minimum Gasteiger partial charge on any atom is -0.467 e. The van der Waals surface area contributed by atoms with Crippen molar-refractivity contribution in [3.8, 4) is 0 Å². The molecule has 1 amide bonds. The zero-order chi connectivity index (χ0) is 11.8. The van der Waals surface area contributed by atoms with Gasteiger partial charge in [0.25, 0.3) is 0 Å². The Morgan fingerprint density at radius 3 is 3.00 bits per heavy atom. The van der Waals surface area contributed by atoms with Crippen molar-refractivity contribution in [1.82, 2.24) is 5.32 Å². The number of allylic oxidation sites excluding steroid dienone is 3. The monoisotopic (exact) mass is 221 g/mol. The Morgan fingerprint density at radius 1 is 1.62 bits per heavy atom. The third kappa shape index (κ3) is 3.74. The summed E-state index contributed by atoms with van der Waals surface area (Å²) in [5.74, 6) is 0.267. The van der Waals surface area contributed by atoms with Crippen molar-refractivity contribution in [2.24, 2.45) is 0 Å². The molecule has 1 heterocycles. The molecule has 0 spiro atoms. The van der Waals surface area contributed by atoms with E-state index in [0.29, 0.717) is 5.76 Å². The van der Waals surface area contributed by atoms with Gasteiger partial charge in [-0.25, -0.2) is 0 Å². The normalized spacial score (nSPS) is 13.4.